The summed E-state index contributed by atoms with van der Waals surface area (Å²) in [5.74, 6) is 0.927. The summed E-state index contributed by atoms with van der Waals surface area (Å²) in [4.78, 5) is 2.51. The maximum Gasteiger partial charge on any atom is 0.0623 e. The quantitative estimate of drug-likeness (QED) is 0.627. The van der Waals surface area contributed by atoms with E-state index < -0.39 is 0 Å². The summed E-state index contributed by atoms with van der Waals surface area (Å²) in [5, 5.41) is 12.9. The summed E-state index contributed by atoms with van der Waals surface area (Å²) < 4.78 is 0. The van der Waals surface area contributed by atoms with Crippen LogP contribution < -0.4 is 5.32 Å². The Hall–Kier alpha value is -0.120. The number of nitrogens with zero attached hydrogens (tertiary/aromatic N) is 1. The topological polar surface area (TPSA) is 35.5 Å². The fourth-order valence-corrected chi connectivity index (χ4v) is 2.30. The van der Waals surface area contributed by atoms with E-state index in [9.17, 15) is 5.11 Å². The van der Waals surface area contributed by atoms with E-state index in [4.69, 9.17) is 0 Å². The first-order chi connectivity index (χ1) is 7.63. The first kappa shape index (κ1) is 13.9. The molecule has 1 fully saturated rings. The highest BCUT2D eigenvalue weighted by Gasteiger charge is 2.29. The average Bonchev–Trinajstić information content (AvgIpc) is 3.02. The number of nitrogens with one attached hydrogen (secondary N) is 1. The predicted octanol–water partition coefficient (Wildman–Crippen LogP) is 1.47. The van der Waals surface area contributed by atoms with Gasteiger partial charge in [0, 0.05) is 13.1 Å². The third kappa shape index (κ3) is 4.81. The molecule has 0 aromatic rings. The summed E-state index contributed by atoms with van der Waals surface area (Å²) in [6.07, 6.45) is 3.99. The molecule has 0 aromatic heterocycles. The second-order valence-corrected chi connectivity index (χ2v) is 5.43. The molecule has 1 rings (SSSR count). The van der Waals surface area contributed by atoms with Crippen LogP contribution in [0.2, 0.25) is 0 Å². The molecule has 16 heavy (non-hydrogen) atoms. The van der Waals surface area contributed by atoms with E-state index in [1.54, 1.807) is 0 Å². The Kier molecular flexibility index (Phi) is 5.73. The van der Waals surface area contributed by atoms with Gasteiger partial charge < -0.3 is 15.3 Å². The van der Waals surface area contributed by atoms with Gasteiger partial charge in [-0.3, -0.25) is 0 Å². The molecular weight excluding hydrogens is 200 g/mol. The third-order valence-corrected chi connectivity index (χ3v) is 3.28. The van der Waals surface area contributed by atoms with Crippen LogP contribution in [-0.4, -0.2) is 48.3 Å². The SMILES string of the molecule is CCCN(CC1CC1)CC(C)(CO)NCC. The third-order valence-electron chi connectivity index (χ3n) is 3.28. The molecule has 1 aliphatic carbocycles. The van der Waals surface area contributed by atoms with Crippen LogP contribution in [0.1, 0.15) is 40.0 Å². The number of aliphatic hydroxyl groups is 1. The van der Waals surface area contributed by atoms with Gasteiger partial charge >= 0.3 is 0 Å². The van der Waals surface area contributed by atoms with Gasteiger partial charge in [-0.05, 0) is 45.2 Å². The smallest absolute Gasteiger partial charge is 0.0623 e. The minimum atomic E-state index is -0.140. The zero-order valence-corrected chi connectivity index (χ0v) is 11.1. The van der Waals surface area contributed by atoms with E-state index in [-0.39, 0.29) is 12.1 Å². The summed E-state index contributed by atoms with van der Waals surface area (Å²) in [7, 11) is 0. The molecule has 1 saturated carbocycles. The highest BCUT2D eigenvalue weighted by atomic mass is 16.3. The average molecular weight is 228 g/mol. The van der Waals surface area contributed by atoms with E-state index in [1.807, 2.05) is 0 Å². The Morgan fingerprint density at radius 1 is 1.38 bits per heavy atom. The molecule has 0 spiro atoms. The molecule has 2 N–H and O–H groups in total. The lowest BCUT2D eigenvalue weighted by Crippen LogP contribution is -2.54. The van der Waals surface area contributed by atoms with Crippen molar-refractivity contribution in [3.8, 4) is 0 Å². The van der Waals surface area contributed by atoms with Crippen molar-refractivity contribution < 1.29 is 5.11 Å². The largest absolute Gasteiger partial charge is 0.394 e. The molecule has 96 valence electrons. The first-order valence-corrected chi connectivity index (χ1v) is 6.71. The fourth-order valence-electron chi connectivity index (χ4n) is 2.30. The van der Waals surface area contributed by atoms with Crippen LogP contribution in [0.5, 0.6) is 0 Å². The van der Waals surface area contributed by atoms with E-state index in [0.717, 1.165) is 25.6 Å². The number of hydrogen-bond donors (Lipinski definition) is 2. The van der Waals surface area contributed by atoms with Gasteiger partial charge in [-0.2, -0.15) is 0 Å². The maximum atomic E-state index is 9.49. The molecule has 0 heterocycles. The Balaban J connectivity index is 2.42. The Morgan fingerprint density at radius 2 is 2.06 bits per heavy atom. The van der Waals surface area contributed by atoms with Crippen molar-refractivity contribution in [3.05, 3.63) is 0 Å². The van der Waals surface area contributed by atoms with Crippen molar-refractivity contribution in [3.63, 3.8) is 0 Å². The van der Waals surface area contributed by atoms with Gasteiger partial charge in [0.05, 0.1) is 12.1 Å². The molecule has 0 amide bonds. The zero-order valence-electron chi connectivity index (χ0n) is 11.1. The molecular formula is C13H28N2O. The summed E-state index contributed by atoms with van der Waals surface area (Å²) >= 11 is 0. The van der Waals surface area contributed by atoms with Gasteiger partial charge in [0.2, 0.25) is 0 Å². The molecule has 1 unspecified atom stereocenters. The van der Waals surface area contributed by atoms with Crippen LogP contribution in [0.25, 0.3) is 0 Å². The predicted molar refractivity (Wildman–Crippen MR) is 68.6 cm³/mol. The van der Waals surface area contributed by atoms with Crippen LogP contribution in [0.15, 0.2) is 0 Å². The van der Waals surface area contributed by atoms with E-state index in [0.29, 0.717) is 0 Å². The van der Waals surface area contributed by atoms with Gasteiger partial charge in [0.15, 0.2) is 0 Å². The van der Waals surface area contributed by atoms with Gasteiger partial charge in [0.25, 0.3) is 0 Å². The van der Waals surface area contributed by atoms with E-state index in [1.165, 1.54) is 25.8 Å². The molecule has 1 atom stereocenters. The molecule has 0 aliphatic heterocycles. The molecule has 0 saturated heterocycles. The van der Waals surface area contributed by atoms with E-state index in [2.05, 4.69) is 31.0 Å². The lowest BCUT2D eigenvalue weighted by Gasteiger charge is -2.35. The van der Waals surface area contributed by atoms with Crippen molar-refractivity contribution in [2.45, 2.75) is 45.6 Å². The zero-order chi connectivity index (χ0) is 12.0. The summed E-state index contributed by atoms with van der Waals surface area (Å²) in [6, 6.07) is 0. The molecule has 3 nitrogen and oxygen atoms in total. The fraction of sp³-hybridized carbons (Fsp3) is 1.00. The highest BCUT2D eigenvalue weighted by molar-refractivity contribution is 4.87. The van der Waals surface area contributed by atoms with Crippen molar-refractivity contribution in [2.75, 3.05) is 32.8 Å². The minimum Gasteiger partial charge on any atom is -0.394 e. The standard InChI is InChI=1S/C13H28N2O/c1-4-8-15(9-12-6-7-12)10-13(3,11-16)14-5-2/h12,14,16H,4-11H2,1-3H3. The number of rotatable bonds is 9. The van der Waals surface area contributed by atoms with Crippen LogP contribution in [0.3, 0.4) is 0 Å². The highest BCUT2D eigenvalue weighted by Crippen LogP contribution is 2.30. The van der Waals surface area contributed by atoms with Crippen LogP contribution in [-0.2, 0) is 0 Å². The lowest BCUT2D eigenvalue weighted by molar-refractivity contribution is 0.118. The minimum absolute atomic E-state index is 0.140. The lowest BCUT2D eigenvalue weighted by atomic mass is 10.0. The second kappa shape index (κ2) is 6.58. The normalized spacial score (nSPS) is 20.1. The number of likely N-dealkylation sites (N-methyl/N-ethyl adjacent to an activating group) is 1. The van der Waals surface area contributed by atoms with Crippen LogP contribution >= 0.6 is 0 Å². The number of aliphatic hydroxyl groups excluding tert-OH is 1. The molecule has 3 heteroatoms. The van der Waals surface area contributed by atoms with Gasteiger partial charge in [-0.25, -0.2) is 0 Å². The molecule has 0 aromatic carbocycles. The van der Waals surface area contributed by atoms with E-state index >= 15 is 0 Å². The monoisotopic (exact) mass is 228 g/mol. The summed E-state index contributed by atoms with van der Waals surface area (Å²) in [6.45, 7) is 10.9. The Labute approximate surface area is 100 Å². The molecule has 0 radical (unpaired) electrons. The molecule has 1 aliphatic rings. The van der Waals surface area contributed by atoms with Crippen LogP contribution in [0.4, 0.5) is 0 Å². The first-order valence-electron chi connectivity index (χ1n) is 6.71. The van der Waals surface area contributed by atoms with Crippen molar-refractivity contribution in [1.82, 2.24) is 10.2 Å². The van der Waals surface area contributed by atoms with Gasteiger partial charge in [-0.1, -0.05) is 13.8 Å². The Bertz CT molecular complexity index is 194. The summed E-state index contributed by atoms with van der Waals surface area (Å²) in [5.41, 5.74) is -0.140. The second-order valence-electron chi connectivity index (χ2n) is 5.43. The van der Waals surface area contributed by atoms with Crippen molar-refractivity contribution in [2.24, 2.45) is 5.92 Å². The van der Waals surface area contributed by atoms with Crippen LogP contribution in [0, 0.1) is 5.92 Å². The maximum absolute atomic E-state index is 9.49. The Morgan fingerprint density at radius 3 is 2.50 bits per heavy atom. The van der Waals surface area contributed by atoms with Gasteiger partial charge in [-0.15, -0.1) is 0 Å². The number of hydrogen-bond acceptors (Lipinski definition) is 3. The molecule has 0 bridgehead atoms. The van der Waals surface area contributed by atoms with Crippen molar-refractivity contribution in [1.29, 1.82) is 0 Å². The van der Waals surface area contributed by atoms with Gasteiger partial charge in [0.1, 0.15) is 0 Å². The van der Waals surface area contributed by atoms with Crippen molar-refractivity contribution >= 4 is 0 Å².